The molecule has 1 amide bonds. The molecule has 114 valence electrons. The first-order chi connectivity index (χ1) is 9.81. The maximum absolute atomic E-state index is 11.9. The third kappa shape index (κ3) is 3.64. The second-order valence-corrected chi connectivity index (χ2v) is 6.76. The molecular weight excluding hydrogens is 320 g/mol. The van der Waals surface area contributed by atoms with Crippen molar-refractivity contribution in [2.45, 2.75) is 17.7 Å². The first-order valence-electron chi connectivity index (χ1n) is 5.57. The van der Waals surface area contributed by atoms with Gasteiger partial charge in [-0.3, -0.25) is 10.1 Å². The number of primary sulfonamides is 1. The molecule has 0 radical (unpaired) electrons. The fraction of sp³-hybridized carbons (Fsp3) is 0.300. The zero-order valence-electron chi connectivity index (χ0n) is 11.1. The number of amides is 1. The van der Waals surface area contributed by atoms with Crippen LogP contribution in [0.4, 0.5) is 5.13 Å². The molecule has 0 aliphatic rings. The second kappa shape index (κ2) is 5.89. The van der Waals surface area contributed by atoms with Crippen LogP contribution in [-0.4, -0.2) is 31.6 Å². The van der Waals surface area contributed by atoms with Crippen LogP contribution in [0.15, 0.2) is 14.8 Å². The van der Waals surface area contributed by atoms with Gasteiger partial charge in [-0.1, -0.05) is 16.5 Å². The van der Waals surface area contributed by atoms with Crippen LogP contribution < -0.4 is 10.5 Å². The number of nitrogens with two attached hydrogens (primary N) is 1. The van der Waals surface area contributed by atoms with Crippen molar-refractivity contribution in [1.82, 2.24) is 10.1 Å². The van der Waals surface area contributed by atoms with Crippen molar-refractivity contribution in [2.24, 2.45) is 5.14 Å². The van der Waals surface area contributed by atoms with Gasteiger partial charge in [0.2, 0.25) is 10.0 Å². The van der Waals surface area contributed by atoms with Crippen LogP contribution in [0.3, 0.4) is 0 Å². The van der Waals surface area contributed by atoms with Gasteiger partial charge in [0.1, 0.15) is 6.61 Å². The third-order valence-corrected chi connectivity index (χ3v) is 4.94. The maximum Gasteiger partial charge on any atom is 0.279 e. The first kappa shape index (κ1) is 15.6. The van der Waals surface area contributed by atoms with E-state index in [1.165, 1.54) is 20.1 Å². The highest BCUT2D eigenvalue weighted by Crippen LogP contribution is 2.26. The Balaban J connectivity index is 2.16. The lowest BCUT2D eigenvalue weighted by atomic mass is 10.3. The van der Waals surface area contributed by atoms with Gasteiger partial charge in [0.25, 0.3) is 5.91 Å². The molecule has 21 heavy (non-hydrogen) atoms. The number of methoxy groups -OCH3 is 1. The number of nitrogens with one attached hydrogen (secondary N) is 1. The summed E-state index contributed by atoms with van der Waals surface area (Å²) in [4.78, 5) is 15.8. The predicted octanol–water partition coefficient (Wildman–Crippen LogP) is 0.486. The van der Waals surface area contributed by atoms with E-state index in [-0.39, 0.29) is 27.3 Å². The van der Waals surface area contributed by atoms with Crippen molar-refractivity contribution in [2.75, 3.05) is 12.4 Å². The Hall–Kier alpha value is -1.82. The number of hydrogen-bond donors (Lipinski definition) is 2. The zero-order valence-corrected chi connectivity index (χ0v) is 12.7. The topological polar surface area (TPSA) is 137 Å². The number of anilines is 1. The monoisotopic (exact) mass is 332 g/mol. The molecule has 0 unspecified atom stereocenters. The average molecular weight is 332 g/mol. The standard InChI is InChI=1S/C10H12N4O5S2/c1-5-9(21(11,16)17)20-10(12-5)13-8(15)7-3-6(4-18-2)19-14-7/h3H,4H2,1-2H3,(H2,11,16,17)(H,12,13,15). The first-order valence-corrected chi connectivity index (χ1v) is 7.93. The number of ether oxygens (including phenoxy) is 1. The second-order valence-electron chi connectivity index (χ2n) is 4.00. The minimum Gasteiger partial charge on any atom is -0.377 e. The van der Waals surface area contributed by atoms with E-state index in [1.807, 2.05) is 0 Å². The lowest BCUT2D eigenvalue weighted by molar-refractivity contribution is 0.101. The number of carbonyl (C=O) groups excluding carboxylic acids is 1. The summed E-state index contributed by atoms with van der Waals surface area (Å²) in [7, 11) is -2.38. The quantitative estimate of drug-likeness (QED) is 0.812. The molecule has 0 fully saturated rings. The van der Waals surface area contributed by atoms with Crippen LogP contribution in [0, 0.1) is 6.92 Å². The third-order valence-electron chi connectivity index (χ3n) is 2.31. The number of aromatic nitrogens is 2. The molecular formula is C10H12N4O5S2. The van der Waals surface area contributed by atoms with E-state index in [2.05, 4.69) is 15.5 Å². The van der Waals surface area contributed by atoms with Crippen molar-refractivity contribution in [3.8, 4) is 0 Å². The highest BCUT2D eigenvalue weighted by atomic mass is 32.2. The number of sulfonamides is 1. The van der Waals surface area contributed by atoms with Gasteiger partial charge in [-0.25, -0.2) is 18.5 Å². The Morgan fingerprint density at radius 2 is 2.29 bits per heavy atom. The van der Waals surface area contributed by atoms with Crippen LogP contribution in [0.5, 0.6) is 0 Å². The van der Waals surface area contributed by atoms with Crippen LogP contribution in [-0.2, 0) is 21.4 Å². The summed E-state index contributed by atoms with van der Waals surface area (Å²) in [5.41, 5.74) is 0.255. The fourth-order valence-corrected chi connectivity index (χ4v) is 3.35. The SMILES string of the molecule is COCc1cc(C(=O)Nc2nc(C)c(S(N)(=O)=O)s2)no1. The molecule has 2 aromatic heterocycles. The van der Waals surface area contributed by atoms with Gasteiger partial charge in [-0.2, -0.15) is 0 Å². The molecule has 0 spiro atoms. The van der Waals surface area contributed by atoms with Gasteiger partial charge in [0, 0.05) is 13.2 Å². The molecule has 3 N–H and O–H groups in total. The molecule has 9 nitrogen and oxygen atoms in total. The van der Waals surface area contributed by atoms with Crippen LogP contribution >= 0.6 is 11.3 Å². The van der Waals surface area contributed by atoms with Gasteiger partial charge in [-0.05, 0) is 6.92 Å². The van der Waals surface area contributed by atoms with Gasteiger partial charge in [0.15, 0.2) is 20.8 Å². The number of rotatable bonds is 5. The number of hydrogen-bond acceptors (Lipinski definition) is 8. The van der Waals surface area contributed by atoms with E-state index in [4.69, 9.17) is 14.4 Å². The van der Waals surface area contributed by atoms with E-state index < -0.39 is 15.9 Å². The molecule has 2 aromatic rings. The minimum absolute atomic E-state index is 0.0343. The maximum atomic E-state index is 11.9. The van der Waals surface area contributed by atoms with Crippen molar-refractivity contribution in [3.63, 3.8) is 0 Å². The Morgan fingerprint density at radius 1 is 1.57 bits per heavy atom. The van der Waals surface area contributed by atoms with Gasteiger partial charge in [0.05, 0.1) is 5.69 Å². The Bertz CT molecular complexity index is 764. The average Bonchev–Trinajstić information content (AvgIpc) is 2.96. The van der Waals surface area contributed by atoms with Crippen molar-refractivity contribution in [1.29, 1.82) is 0 Å². The number of nitrogens with zero attached hydrogens (tertiary/aromatic N) is 2. The fourth-order valence-electron chi connectivity index (χ4n) is 1.49. The van der Waals surface area contributed by atoms with Gasteiger partial charge < -0.3 is 9.26 Å². The molecule has 0 bridgehead atoms. The summed E-state index contributed by atoms with van der Waals surface area (Å²) in [5.74, 6) is -0.181. The number of carbonyl (C=O) groups is 1. The molecule has 0 saturated carbocycles. The van der Waals surface area contributed by atoms with E-state index >= 15 is 0 Å². The van der Waals surface area contributed by atoms with E-state index in [0.29, 0.717) is 5.76 Å². The van der Waals surface area contributed by atoms with Crippen molar-refractivity contribution in [3.05, 3.63) is 23.2 Å². The highest BCUT2D eigenvalue weighted by Gasteiger charge is 2.20. The summed E-state index contributed by atoms with van der Waals surface area (Å²) in [5, 5.41) is 11.2. The molecule has 0 aliphatic heterocycles. The van der Waals surface area contributed by atoms with E-state index in [1.54, 1.807) is 0 Å². The molecule has 0 aliphatic carbocycles. The minimum atomic E-state index is -3.86. The van der Waals surface area contributed by atoms with Crippen LogP contribution in [0.2, 0.25) is 0 Å². The normalized spacial score (nSPS) is 11.6. The van der Waals surface area contributed by atoms with Crippen LogP contribution in [0.25, 0.3) is 0 Å². The molecule has 0 saturated heterocycles. The summed E-state index contributed by atoms with van der Waals surface area (Å²) < 4.78 is 32.2. The molecule has 11 heteroatoms. The van der Waals surface area contributed by atoms with Gasteiger partial charge >= 0.3 is 0 Å². The van der Waals surface area contributed by atoms with Gasteiger partial charge in [-0.15, -0.1) is 0 Å². The molecule has 0 atom stereocenters. The predicted molar refractivity (Wildman–Crippen MR) is 73.4 cm³/mol. The summed E-state index contributed by atoms with van der Waals surface area (Å²) >= 11 is 0.767. The number of thiazole rings is 1. The van der Waals surface area contributed by atoms with Crippen molar-refractivity contribution < 1.29 is 22.5 Å². The van der Waals surface area contributed by atoms with E-state index in [9.17, 15) is 13.2 Å². The molecule has 2 heterocycles. The lowest BCUT2D eigenvalue weighted by Crippen LogP contribution is -2.12. The molecule has 0 aromatic carbocycles. The highest BCUT2D eigenvalue weighted by molar-refractivity contribution is 7.91. The molecule has 2 rings (SSSR count). The Kier molecular flexibility index (Phi) is 4.37. The van der Waals surface area contributed by atoms with Crippen LogP contribution in [0.1, 0.15) is 21.9 Å². The zero-order chi connectivity index (χ0) is 15.6. The Morgan fingerprint density at radius 3 is 2.86 bits per heavy atom. The lowest BCUT2D eigenvalue weighted by Gasteiger charge is -1.95. The largest absolute Gasteiger partial charge is 0.377 e. The smallest absolute Gasteiger partial charge is 0.279 e. The number of aryl methyl sites for hydroxylation is 1. The summed E-state index contributed by atoms with van der Waals surface area (Å²) in [6, 6.07) is 1.42. The summed E-state index contributed by atoms with van der Waals surface area (Å²) in [6.45, 7) is 1.67. The van der Waals surface area contributed by atoms with E-state index in [0.717, 1.165) is 11.3 Å². The van der Waals surface area contributed by atoms with Crippen molar-refractivity contribution >= 4 is 32.4 Å². The Labute approximate surface area is 124 Å². The summed E-state index contributed by atoms with van der Waals surface area (Å²) in [6.07, 6.45) is 0.